The van der Waals surface area contributed by atoms with Crippen LogP contribution in [0.25, 0.3) is 0 Å². The van der Waals surface area contributed by atoms with Crippen LogP contribution in [0.15, 0.2) is 28.6 Å². The zero-order chi connectivity index (χ0) is 17.5. The lowest BCUT2D eigenvalue weighted by atomic mass is 9.97. The topological polar surface area (TPSA) is 66.9 Å². The second-order valence-corrected chi connectivity index (χ2v) is 8.11. The molecule has 1 heterocycles. The standard InChI is InChI=1S/C17H24N4OS2/c1-5-12(4)13-8-6-7-9-14(13)19-15(22)10-23-17-21-20-16(24-17)18-11(2)3/h6-9,11-12H,5,10H2,1-4H3,(H,18,20)(H,19,22). The number of thioether (sulfide) groups is 1. The second kappa shape index (κ2) is 9.03. The van der Waals surface area contributed by atoms with Crippen molar-refractivity contribution >= 4 is 39.8 Å². The minimum atomic E-state index is -0.0238. The van der Waals surface area contributed by atoms with Gasteiger partial charge >= 0.3 is 0 Å². The molecular formula is C17H24N4OS2. The van der Waals surface area contributed by atoms with Gasteiger partial charge in [0.1, 0.15) is 0 Å². The van der Waals surface area contributed by atoms with Crippen molar-refractivity contribution in [2.75, 3.05) is 16.4 Å². The maximum Gasteiger partial charge on any atom is 0.234 e. The molecule has 1 aromatic carbocycles. The van der Waals surface area contributed by atoms with Gasteiger partial charge in [-0.05, 0) is 37.8 Å². The van der Waals surface area contributed by atoms with Crippen molar-refractivity contribution in [3.63, 3.8) is 0 Å². The van der Waals surface area contributed by atoms with Gasteiger partial charge in [0.25, 0.3) is 0 Å². The maximum absolute atomic E-state index is 12.2. The van der Waals surface area contributed by atoms with E-state index < -0.39 is 0 Å². The molecular weight excluding hydrogens is 340 g/mol. The Morgan fingerprint density at radius 2 is 2.00 bits per heavy atom. The van der Waals surface area contributed by atoms with Crippen LogP contribution in [-0.4, -0.2) is 27.9 Å². The van der Waals surface area contributed by atoms with Crippen molar-refractivity contribution in [3.05, 3.63) is 29.8 Å². The van der Waals surface area contributed by atoms with Crippen LogP contribution < -0.4 is 10.6 Å². The first kappa shape index (κ1) is 18.7. The van der Waals surface area contributed by atoms with Crippen molar-refractivity contribution in [2.24, 2.45) is 0 Å². The van der Waals surface area contributed by atoms with Crippen LogP contribution in [0.3, 0.4) is 0 Å². The average molecular weight is 365 g/mol. The maximum atomic E-state index is 12.2. The van der Waals surface area contributed by atoms with Crippen LogP contribution >= 0.6 is 23.1 Å². The van der Waals surface area contributed by atoms with Gasteiger partial charge in [-0.1, -0.05) is 55.1 Å². The highest BCUT2D eigenvalue weighted by Crippen LogP contribution is 2.28. The lowest BCUT2D eigenvalue weighted by Gasteiger charge is -2.15. The Morgan fingerprint density at radius 1 is 1.25 bits per heavy atom. The van der Waals surface area contributed by atoms with E-state index in [9.17, 15) is 4.79 Å². The van der Waals surface area contributed by atoms with E-state index in [2.05, 4.69) is 54.6 Å². The summed E-state index contributed by atoms with van der Waals surface area (Å²) in [5.74, 6) is 0.719. The number of carbonyl (C=O) groups is 1. The Morgan fingerprint density at radius 3 is 2.71 bits per heavy atom. The minimum absolute atomic E-state index is 0.0238. The Bertz CT molecular complexity index is 672. The van der Waals surface area contributed by atoms with Crippen LogP contribution in [-0.2, 0) is 4.79 Å². The van der Waals surface area contributed by atoms with Crippen molar-refractivity contribution in [3.8, 4) is 0 Å². The normalized spacial score (nSPS) is 12.2. The Kier molecular flexibility index (Phi) is 7.05. The molecule has 2 N–H and O–H groups in total. The molecule has 1 aromatic heterocycles. The van der Waals surface area contributed by atoms with Crippen LogP contribution in [0, 0.1) is 0 Å². The monoisotopic (exact) mass is 364 g/mol. The van der Waals surface area contributed by atoms with Crippen LogP contribution in [0.5, 0.6) is 0 Å². The molecule has 0 spiro atoms. The van der Waals surface area contributed by atoms with E-state index in [4.69, 9.17) is 0 Å². The molecule has 2 aromatic rings. The molecule has 0 radical (unpaired) electrons. The number of para-hydroxylation sites is 1. The predicted molar refractivity (Wildman–Crippen MR) is 103 cm³/mol. The number of benzene rings is 1. The van der Waals surface area contributed by atoms with Gasteiger partial charge in [0.15, 0.2) is 4.34 Å². The number of carbonyl (C=O) groups excluding carboxylic acids is 1. The van der Waals surface area contributed by atoms with Crippen molar-refractivity contribution in [1.29, 1.82) is 0 Å². The van der Waals surface area contributed by atoms with E-state index in [1.807, 2.05) is 18.2 Å². The van der Waals surface area contributed by atoms with E-state index in [0.29, 0.717) is 17.7 Å². The number of amides is 1. The van der Waals surface area contributed by atoms with Gasteiger partial charge in [0, 0.05) is 11.7 Å². The summed E-state index contributed by atoms with van der Waals surface area (Å²) in [7, 11) is 0. The fraction of sp³-hybridized carbons (Fsp3) is 0.471. The van der Waals surface area contributed by atoms with E-state index in [1.54, 1.807) is 0 Å². The third kappa shape index (κ3) is 5.49. The summed E-state index contributed by atoms with van der Waals surface area (Å²) in [6, 6.07) is 8.31. The molecule has 0 fully saturated rings. The fourth-order valence-corrected chi connectivity index (χ4v) is 3.85. The van der Waals surface area contributed by atoms with Gasteiger partial charge in [0.05, 0.1) is 5.75 Å². The van der Waals surface area contributed by atoms with Gasteiger partial charge in [-0.15, -0.1) is 10.2 Å². The van der Waals surface area contributed by atoms with Crippen molar-refractivity contribution in [1.82, 2.24) is 10.2 Å². The molecule has 0 aliphatic heterocycles. The summed E-state index contributed by atoms with van der Waals surface area (Å²) >= 11 is 2.88. The highest BCUT2D eigenvalue weighted by Gasteiger charge is 2.12. The number of anilines is 2. The summed E-state index contributed by atoms with van der Waals surface area (Å²) in [4.78, 5) is 12.2. The Labute approximate surface area is 151 Å². The Hall–Kier alpha value is -1.60. The zero-order valence-electron chi connectivity index (χ0n) is 14.5. The minimum Gasteiger partial charge on any atom is -0.358 e. The third-order valence-corrected chi connectivity index (χ3v) is 5.51. The van der Waals surface area contributed by atoms with Gasteiger partial charge in [-0.3, -0.25) is 4.79 Å². The first-order valence-corrected chi connectivity index (χ1v) is 9.91. The van der Waals surface area contributed by atoms with E-state index >= 15 is 0 Å². The number of nitrogens with one attached hydrogen (secondary N) is 2. The SMILES string of the molecule is CCC(C)c1ccccc1NC(=O)CSc1nnc(NC(C)C)s1. The summed E-state index contributed by atoms with van der Waals surface area (Å²) in [6.07, 6.45) is 1.04. The van der Waals surface area contributed by atoms with E-state index in [-0.39, 0.29) is 5.91 Å². The largest absolute Gasteiger partial charge is 0.358 e. The molecule has 1 unspecified atom stereocenters. The molecule has 0 bridgehead atoms. The van der Waals surface area contributed by atoms with Gasteiger partial charge in [0.2, 0.25) is 11.0 Å². The highest BCUT2D eigenvalue weighted by molar-refractivity contribution is 8.01. The summed E-state index contributed by atoms with van der Waals surface area (Å²) < 4.78 is 0.795. The highest BCUT2D eigenvalue weighted by atomic mass is 32.2. The van der Waals surface area contributed by atoms with Crippen LogP contribution in [0.1, 0.15) is 45.6 Å². The molecule has 0 aliphatic rings. The summed E-state index contributed by atoms with van der Waals surface area (Å²) in [5.41, 5.74) is 2.08. The summed E-state index contributed by atoms with van der Waals surface area (Å²) in [6.45, 7) is 8.42. The van der Waals surface area contributed by atoms with E-state index in [1.165, 1.54) is 28.7 Å². The first-order chi connectivity index (χ1) is 11.5. The molecule has 130 valence electrons. The second-order valence-electron chi connectivity index (χ2n) is 5.91. The molecule has 0 saturated heterocycles. The first-order valence-electron chi connectivity index (χ1n) is 8.11. The molecule has 24 heavy (non-hydrogen) atoms. The molecule has 0 aliphatic carbocycles. The lowest BCUT2D eigenvalue weighted by molar-refractivity contribution is -0.113. The Balaban J connectivity index is 1.91. The van der Waals surface area contributed by atoms with E-state index in [0.717, 1.165) is 21.6 Å². The smallest absolute Gasteiger partial charge is 0.234 e. The molecule has 5 nitrogen and oxygen atoms in total. The predicted octanol–water partition coefficient (Wildman–Crippen LogP) is 4.60. The molecule has 1 amide bonds. The van der Waals surface area contributed by atoms with Gasteiger partial charge in [-0.2, -0.15) is 0 Å². The number of hydrogen-bond acceptors (Lipinski definition) is 6. The van der Waals surface area contributed by atoms with Crippen LogP contribution in [0.2, 0.25) is 0 Å². The summed E-state index contributed by atoms with van der Waals surface area (Å²) in [5, 5.41) is 15.2. The van der Waals surface area contributed by atoms with Gasteiger partial charge in [-0.25, -0.2) is 0 Å². The number of aromatic nitrogens is 2. The molecule has 7 heteroatoms. The van der Waals surface area contributed by atoms with Crippen molar-refractivity contribution in [2.45, 2.75) is 50.4 Å². The number of hydrogen-bond donors (Lipinski definition) is 2. The molecule has 0 saturated carbocycles. The quantitative estimate of drug-likeness (QED) is 0.670. The third-order valence-electron chi connectivity index (χ3n) is 3.52. The van der Waals surface area contributed by atoms with Crippen LogP contribution in [0.4, 0.5) is 10.8 Å². The molecule has 2 rings (SSSR count). The van der Waals surface area contributed by atoms with Crippen molar-refractivity contribution < 1.29 is 4.79 Å². The zero-order valence-corrected chi connectivity index (χ0v) is 16.1. The number of nitrogens with zero attached hydrogens (tertiary/aromatic N) is 2. The van der Waals surface area contributed by atoms with Gasteiger partial charge < -0.3 is 10.6 Å². The number of rotatable bonds is 8. The average Bonchev–Trinajstić information content (AvgIpc) is 2.99. The fourth-order valence-electron chi connectivity index (χ4n) is 2.15. The molecule has 1 atom stereocenters. The lowest BCUT2D eigenvalue weighted by Crippen LogP contribution is -2.15.